The molecule has 3 rings (SSSR count). The summed E-state index contributed by atoms with van der Waals surface area (Å²) in [4.78, 5) is 2.89. The molecule has 1 aromatic heterocycles. The van der Waals surface area contributed by atoms with Gasteiger partial charge in [-0.25, -0.2) is 5.43 Å². The lowest BCUT2D eigenvalue weighted by Gasteiger charge is -2.14. The Kier molecular flexibility index (Phi) is 2.97. The SMILES string of the molecule is NNC(c1ccccc1)c1cc2c(s1)CCC2. The molecular weight excluding hydrogens is 228 g/mol. The lowest BCUT2D eigenvalue weighted by Crippen LogP contribution is -2.28. The first-order valence-electron chi connectivity index (χ1n) is 6.01. The van der Waals surface area contributed by atoms with Crippen molar-refractivity contribution in [3.05, 3.63) is 57.3 Å². The topological polar surface area (TPSA) is 38.0 Å². The zero-order chi connectivity index (χ0) is 11.7. The highest BCUT2D eigenvalue weighted by Gasteiger charge is 2.20. The molecule has 1 aliphatic rings. The fraction of sp³-hybridized carbons (Fsp3) is 0.286. The molecule has 3 heteroatoms. The summed E-state index contributed by atoms with van der Waals surface area (Å²) in [7, 11) is 0. The van der Waals surface area contributed by atoms with Gasteiger partial charge >= 0.3 is 0 Å². The van der Waals surface area contributed by atoms with Crippen LogP contribution in [0.5, 0.6) is 0 Å². The zero-order valence-electron chi connectivity index (χ0n) is 9.65. The maximum absolute atomic E-state index is 5.71. The molecular formula is C14H16N2S. The van der Waals surface area contributed by atoms with Gasteiger partial charge in [0.2, 0.25) is 0 Å². The second kappa shape index (κ2) is 4.61. The number of fused-ring (bicyclic) bond motifs is 1. The first kappa shape index (κ1) is 11.0. The van der Waals surface area contributed by atoms with Crippen molar-refractivity contribution >= 4 is 11.3 Å². The molecule has 0 fully saturated rings. The summed E-state index contributed by atoms with van der Waals surface area (Å²) < 4.78 is 0. The molecule has 1 unspecified atom stereocenters. The first-order chi connectivity index (χ1) is 8.38. The van der Waals surface area contributed by atoms with E-state index in [0.29, 0.717) is 0 Å². The largest absolute Gasteiger partial charge is 0.271 e. The van der Waals surface area contributed by atoms with Gasteiger partial charge in [0.25, 0.3) is 0 Å². The average Bonchev–Trinajstić information content (AvgIpc) is 2.92. The summed E-state index contributed by atoms with van der Waals surface area (Å²) in [6.07, 6.45) is 3.79. The van der Waals surface area contributed by atoms with E-state index in [1.807, 2.05) is 17.4 Å². The number of nitrogens with one attached hydrogen (secondary N) is 1. The molecule has 2 nitrogen and oxygen atoms in total. The van der Waals surface area contributed by atoms with Crippen LogP contribution in [0.2, 0.25) is 0 Å². The van der Waals surface area contributed by atoms with E-state index in [9.17, 15) is 0 Å². The molecule has 88 valence electrons. The molecule has 1 aliphatic carbocycles. The summed E-state index contributed by atoms with van der Waals surface area (Å²) in [6.45, 7) is 0. The number of rotatable bonds is 3. The highest BCUT2D eigenvalue weighted by Crippen LogP contribution is 2.35. The molecule has 1 aromatic carbocycles. The van der Waals surface area contributed by atoms with Crippen molar-refractivity contribution in [3.8, 4) is 0 Å². The van der Waals surface area contributed by atoms with Crippen molar-refractivity contribution in [1.82, 2.24) is 5.43 Å². The third kappa shape index (κ3) is 2.02. The van der Waals surface area contributed by atoms with Crippen LogP contribution in [0.1, 0.15) is 33.3 Å². The Balaban J connectivity index is 1.95. The molecule has 3 N–H and O–H groups in total. The minimum absolute atomic E-state index is 0.131. The molecule has 0 amide bonds. The van der Waals surface area contributed by atoms with Crippen LogP contribution < -0.4 is 11.3 Å². The standard InChI is InChI=1S/C14H16N2S/c15-16-14(10-5-2-1-3-6-10)13-9-11-7-4-8-12(11)17-13/h1-3,5-6,9,14,16H,4,7-8,15H2. The highest BCUT2D eigenvalue weighted by molar-refractivity contribution is 7.12. The number of thiophene rings is 1. The summed E-state index contributed by atoms with van der Waals surface area (Å²) in [5.41, 5.74) is 5.69. The van der Waals surface area contributed by atoms with Crippen molar-refractivity contribution in [2.45, 2.75) is 25.3 Å². The maximum atomic E-state index is 5.71. The van der Waals surface area contributed by atoms with Crippen LogP contribution >= 0.6 is 11.3 Å². The Morgan fingerprint density at radius 1 is 1.18 bits per heavy atom. The van der Waals surface area contributed by atoms with Gasteiger partial charge in [-0.15, -0.1) is 11.3 Å². The number of aryl methyl sites for hydroxylation is 2. The van der Waals surface area contributed by atoms with Gasteiger partial charge in [-0.1, -0.05) is 30.3 Å². The van der Waals surface area contributed by atoms with Crippen molar-refractivity contribution in [3.63, 3.8) is 0 Å². The Hall–Kier alpha value is -1.16. The molecule has 0 bridgehead atoms. The zero-order valence-corrected chi connectivity index (χ0v) is 10.5. The van der Waals surface area contributed by atoms with E-state index in [0.717, 1.165) is 0 Å². The van der Waals surface area contributed by atoms with Crippen molar-refractivity contribution < 1.29 is 0 Å². The average molecular weight is 244 g/mol. The molecule has 0 aliphatic heterocycles. The van der Waals surface area contributed by atoms with Crippen molar-refractivity contribution in [2.75, 3.05) is 0 Å². The Morgan fingerprint density at radius 3 is 2.71 bits per heavy atom. The van der Waals surface area contributed by atoms with E-state index in [1.54, 1.807) is 4.88 Å². The Labute approximate surface area is 105 Å². The fourth-order valence-corrected chi connectivity index (χ4v) is 3.83. The number of nitrogens with two attached hydrogens (primary N) is 1. The number of hydrogen-bond acceptors (Lipinski definition) is 3. The minimum Gasteiger partial charge on any atom is -0.271 e. The minimum atomic E-state index is 0.131. The third-order valence-corrected chi connectivity index (χ3v) is 4.65. The predicted octanol–water partition coefficient (Wildman–Crippen LogP) is 2.79. The molecule has 0 radical (unpaired) electrons. The van der Waals surface area contributed by atoms with E-state index in [4.69, 9.17) is 5.84 Å². The van der Waals surface area contributed by atoms with E-state index in [2.05, 4.69) is 35.8 Å². The van der Waals surface area contributed by atoms with Crippen LogP contribution in [0.4, 0.5) is 0 Å². The second-order valence-corrected chi connectivity index (χ2v) is 5.63. The quantitative estimate of drug-likeness (QED) is 0.643. The van der Waals surface area contributed by atoms with Crippen LogP contribution in [-0.2, 0) is 12.8 Å². The van der Waals surface area contributed by atoms with Gasteiger partial charge in [0.15, 0.2) is 0 Å². The molecule has 1 atom stereocenters. The normalized spacial score (nSPS) is 15.8. The van der Waals surface area contributed by atoms with Gasteiger partial charge in [0.1, 0.15) is 0 Å². The second-order valence-electron chi connectivity index (χ2n) is 4.46. The smallest absolute Gasteiger partial charge is 0.0802 e. The lowest BCUT2D eigenvalue weighted by atomic mass is 10.1. The van der Waals surface area contributed by atoms with Gasteiger partial charge in [0.05, 0.1) is 6.04 Å². The molecule has 2 aromatic rings. The summed E-state index contributed by atoms with van der Waals surface area (Å²) >= 11 is 1.91. The lowest BCUT2D eigenvalue weighted by molar-refractivity contribution is 0.646. The van der Waals surface area contributed by atoms with E-state index < -0.39 is 0 Å². The van der Waals surface area contributed by atoms with E-state index in [1.165, 1.54) is 35.3 Å². The monoisotopic (exact) mass is 244 g/mol. The first-order valence-corrected chi connectivity index (χ1v) is 6.82. The molecule has 0 spiro atoms. The van der Waals surface area contributed by atoms with E-state index >= 15 is 0 Å². The van der Waals surface area contributed by atoms with Gasteiger partial charge in [-0.05, 0) is 36.5 Å². The van der Waals surface area contributed by atoms with E-state index in [-0.39, 0.29) is 6.04 Å². The van der Waals surface area contributed by atoms with Crippen molar-refractivity contribution in [2.24, 2.45) is 5.84 Å². The fourth-order valence-electron chi connectivity index (χ4n) is 2.48. The van der Waals surface area contributed by atoms with Gasteiger partial charge in [0, 0.05) is 9.75 Å². The van der Waals surface area contributed by atoms with Crippen LogP contribution in [0.15, 0.2) is 36.4 Å². The summed E-state index contributed by atoms with van der Waals surface area (Å²) in [5.74, 6) is 5.71. The van der Waals surface area contributed by atoms with Crippen LogP contribution in [0.3, 0.4) is 0 Å². The summed E-state index contributed by atoms with van der Waals surface area (Å²) in [5, 5.41) is 0. The molecule has 17 heavy (non-hydrogen) atoms. The third-order valence-electron chi connectivity index (χ3n) is 3.35. The van der Waals surface area contributed by atoms with Crippen LogP contribution in [-0.4, -0.2) is 0 Å². The predicted molar refractivity (Wildman–Crippen MR) is 72.0 cm³/mol. The van der Waals surface area contributed by atoms with Crippen molar-refractivity contribution in [1.29, 1.82) is 0 Å². The molecule has 0 saturated heterocycles. The Bertz CT molecular complexity index is 483. The van der Waals surface area contributed by atoms with Crippen LogP contribution in [0.25, 0.3) is 0 Å². The molecule has 1 heterocycles. The number of benzene rings is 1. The number of hydrazine groups is 1. The highest BCUT2D eigenvalue weighted by atomic mass is 32.1. The van der Waals surface area contributed by atoms with Gasteiger partial charge in [-0.3, -0.25) is 5.84 Å². The van der Waals surface area contributed by atoms with Crippen LogP contribution in [0, 0.1) is 0 Å². The Morgan fingerprint density at radius 2 is 2.00 bits per heavy atom. The number of hydrogen-bond donors (Lipinski definition) is 2. The van der Waals surface area contributed by atoms with Gasteiger partial charge < -0.3 is 0 Å². The summed E-state index contributed by atoms with van der Waals surface area (Å²) in [6, 6.07) is 12.8. The van der Waals surface area contributed by atoms with Gasteiger partial charge in [-0.2, -0.15) is 0 Å². The maximum Gasteiger partial charge on any atom is 0.0802 e. The molecule has 0 saturated carbocycles.